The lowest BCUT2D eigenvalue weighted by atomic mass is 9.96. The van der Waals surface area contributed by atoms with Gasteiger partial charge in [-0.3, -0.25) is 19.2 Å². The van der Waals surface area contributed by atoms with E-state index in [2.05, 4.69) is 0 Å². The second kappa shape index (κ2) is 9.59. The van der Waals surface area contributed by atoms with Gasteiger partial charge in [0.25, 0.3) is 0 Å². The van der Waals surface area contributed by atoms with E-state index in [0.29, 0.717) is 38.9 Å². The molecule has 0 aliphatic carbocycles. The quantitative estimate of drug-likeness (QED) is 0.332. The van der Waals surface area contributed by atoms with Crippen molar-refractivity contribution in [3.63, 3.8) is 0 Å². The molecule has 0 N–H and O–H groups in total. The average Bonchev–Trinajstić information content (AvgIpc) is 2.88. The van der Waals surface area contributed by atoms with Crippen LogP contribution in [-0.2, 0) is 0 Å². The molecular formula is C30H22O4. The maximum Gasteiger partial charge on any atom is 0.193 e. The highest BCUT2D eigenvalue weighted by molar-refractivity contribution is 6.13. The van der Waals surface area contributed by atoms with Gasteiger partial charge in [-0.05, 0) is 13.8 Å². The molecule has 0 aromatic heterocycles. The number of Topliss-reactive ketones (excluding diaryl/α,β-unsaturated/α-hetero) is 1. The van der Waals surface area contributed by atoms with Crippen molar-refractivity contribution in [2.24, 2.45) is 0 Å². The SMILES string of the molecule is CC(=O)c1ccc(C(=O)c2ccc(C(=O)c3ccc(C(=O)c4ccc(C)cc4)cc3)cc2)cc1. The first-order valence-electron chi connectivity index (χ1n) is 10.9. The minimum absolute atomic E-state index is 0.0607. The van der Waals surface area contributed by atoms with Crippen LogP contribution in [0.4, 0.5) is 0 Å². The van der Waals surface area contributed by atoms with Gasteiger partial charge >= 0.3 is 0 Å². The molecule has 0 spiro atoms. The van der Waals surface area contributed by atoms with Gasteiger partial charge in [0.2, 0.25) is 0 Å². The van der Waals surface area contributed by atoms with Crippen molar-refractivity contribution in [3.8, 4) is 0 Å². The van der Waals surface area contributed by atoms with E-state index in [1.165, 1.54) is 6.92 Å². The van der Waals surface area contributed by atoms with Crippen LogP contribution in [0, 0.1) is 6.92 Å². The molecular weight excluding hydrogens is 424 g/mol. The van der Waals surface area contributed by atoms with Crippen molar-refractivity contribution in [2.75, 3.05) is 0 Å². The molecule has 0 atom stereocenters. The van der Waals surface area contributed by atoms with Crippen LogP contribution in [0.25, 0.3) is 0 Å². The van der Waals surface area contributed by atoms with E-state index in [1.807, 2.05) is 19.1 Å². The van der Waals surface area contributed by atoms with E-state index in [4.69, 9.17) is 0 Å². The van der Waals surface area contributed by atoms with Crippen LogP contribution in [0.3, 0.4) is 0 Å². The molecule has 0 aliphatic heterocycles. The van der Waals surface area contributed by atoms with Crippen molar-refractivity contribution in [3.05, 3.63) is 142 Å². The molecule has 0 radical (unpaired) electrons. The van der Waals surface area contributed by atoms with E-state index in [-0.39, 0.29) is 23.1 Å². The van der Waals surface area contributed by atoms with Crippen molar-refractivity contribution in [1.82, 2.24) is 0 Å². The number of aryl methyl sites for hydroxylation is 1. The van der Waals surface area contributed by atoms with E-state index < -0.39 is 0 Å². The maximum absolute atomic E-state index is 12.9. The summed E-state index contributed by atoms with van der Waals surface area (Å²) >= 11 is 0. The molecule has 4 aromatic carbocycles. The summed E-state index contributed by atoms with van der Waals surface area (Å²) in [4.78, 5) is 49.7. The lowest BCUT2D eigenvalue weighted by Crippen LogP contribution is -2.06. The van der Waals surface area contributed by atoms with Crippen LogP contribution >= 0.6 is 0 Å². The molecule has 0 unspecified atom stereocenters. The maximum atomic E-state index is 12.9. The third-order valence-electron chi connectivity index (χ3n) is 5.69. The van der Waals surface area contributed by atoms with Crippen LogP contribution < -0.4 is 0 Å². The van der Waals surface area contributed by atoms with Gasteiger partial charge in [-0.25, -0.2) is 0 Å². The Balaban J connectivity index is 1.48. The smallest absolute Gasteiger partial charge is 0.193 e. The van der Waals surface area contributed by atoms with Crippen molar-refractivity contribution in [2.45, 2.75) is 13.8 Å². The van der Waals surface area contributed by atoms with E-state index >= 15 is 0 Å². The third kappa shape index (κ3) is 4.81. The van der Waals surface area contributed by atoms with Gasteiger partial charge in [-0.1, -0.05) is 103 Å². The highest BCUT2D eigenvalue weighted by atomic mass is 16.1. The Labute approximate surface area is 197 Å². The standard InChI is InChI=1S/C30H22O4/c1-19-3-5-22(6-4-19)28(32)24-11-13-26(14-12-24)30(34)27-17-15-25(16-18-27)29(33)23-9-7-21(8-10-23)20(2)31/h3-18H,1-2H3. The Morgan fingerprint density at radius 2 is 0.588 bits per heavy atom. The van der Waals surface area contributed by atoms with E-state index in [0.717, 1.165) is 5.56 Å². The summed E-state index contributed by atoms with van der Waals surface area (Å²) in [5, 5.41) is 0. The first kappa shape index (κ1) is 22.7. The number of ketones is 4. The summed E-state index contributed by atoms with van der Waals surface area (Å²) in [7, 11) is 0. The zero-order valence-electron chi connectivity index (χ0n) is 18.9. The normalized spacial score (nSPS) is 10.5. The average molecular weight is 447 g/mol. The number of hydrogen-bond donors (Lipinski definition) is 0. The van der Waals surface area contributed by atoms with Crippen molar-refractivity contribution < 1.29 is 19.2 Å². The number of benzene rings is 4. The van der Waals surface area contributed by atoms with Gasteiger partial charge in [-0.2, -0.15) is 0 Å². The summed E-state index contributed by atoms with van der Waals surface area (Å²) < 4.78 is 0. The minimum atomic E-state index is -0.195. The van der Waals surface area contributed by atoms with Gasteiger partial charge in [-0.15, -0.1) is 0 Å². The van der Waals surface area contributed by atoms with Gasteiger partial charge in [0, 0.05) is 38.9 Å². The summed E-state index contributed by atoms with van der Waals surface area (Å²) in [6.45, 7) is 3.44. The fraction of sp³-hybridized carbons (Fsp3) is 0.0667. The first-order valence-corrected chi connectivity index (χ1v) is 10.9. The number of rotatable bonds is 7. The minimum Gasteiger partial charge on any atom is -0.295 e. The highest BCUT2D eigenvalue weighted by Crippen LogP contribution is 2.17. The first-order chi connectivity index (χ1) is 16.3. The Kier molecular flexibility index (Phi) is 6.42. The second-order valence-corrected chi connectivity index (χ2v) is 8.14. The zero-order valence-corrected chi connectivity index (χ0v) is 18.9. The van der Waals surface area contributed by atoms with Crippen molar-refractivity contribution >= 4 is 23.1 Å². The fourth-order valence-corrected chi connectivity index (χ4v) is 3.61. The fourth-order valence-electron chi connectivity index (χ4n) is 3.61. The van der Waals surface area contributed by atoms with E-state index in [9.17, 15) is 19.2 Å². The third-order valence-corrected chi connectivity index (χ3v) is 5.69. The molecule has 166 valence electrons. The molecule has 4 aromatic rings. The van der Waals surface area contributed by atoms with Crippen LogP contribution in [0.1, 0.15) is 70.6 Å². The van der Waals surface area contributed by atoms with Crippen LogP contribution in [-0.4, -0.2) is 23.1 Å². The molecule has 0 bridgehead atoms. The predicted molar refractivity (Wildman–Crippen MR) is 131 cm³/mol. The Hall–Kier alpha value is -4.44. The highest BCUT2D eigenvalue weighted by Gasteiger charge is 2.14. The van der Waals surface area contributed by atoms with Crippen LogP contribution in [0.5, 0.6) is 0 Å². The molecule has 4 heteroatoms. The molecule has 0 amide bonds. The zero-order chi connectivity index (χ0) is 24.2. The second-order valence-electron chi connectivity index (χ2n) is 8.14. The number of carbonyl (C=O) groups is 4. The summed E-state index contributed by atoms with van der Waals surface area (Å²) in [5.74, 6) is -0.542. The summed E-state index contributed by atoms with van der Waals surface area (Å²) in [5.41, 5.74) is 4.56. The molecule has 0 saturated carbocycles. The predicted octanol–water partition coefficient (Wildman–Crippen LogP) is 5.89. The Morgan fingerprint density at radius 3 is 0.824 bits per heavy atom. The Morgan fingerprint density at radius 1 is 0.382 bits per heavy atom. The molecule has 0 aliphatic rings. The summed E-state index contributed by atoms with van der Waals surface area (Å²) in [6, 6.07) is 26.9. The summed E-state index contributed by atoms with van der Waals surface area (Å²) in [6.07, 6.45) is 0. The molecule has 0 fully saturated rings. The molecule has 4 nitrogen and oxygen atoms in total. The van der Waals surface area contributed by atoms with Crippen LogP contribution in [0.15, 0.2) is 97.1 Å². The molecule has 0 heterocycles. The molecule has 4 rings (SSSR count). The largest absolute Gasteiger partial charge is 0.295 e. The van der Waals surface area contributed by atoms with E-state index in [1.54, 1.807) is 84.9 Å². The lowest BCUT2D eigenvalue weighted by molar-refractivity contribution is 0.101. The Bertz CT molecular complexity index is 1380. The van der Waals surface area contributed by atoms with Gasteiger partial charge in [0.05, 0.1) is 0 Å². The van der Waals surface area contributed by atoms with Gasteiger partial charge in [0.1, 0.15) is 0 Å². The molecule has 0 saturated heterocycles. The van der Waals surface area contributed by atoms with Crippen molar-refractivity contribution in [1.29, 1.82) is 0 Å². The van der Waals surface area contributed by atoms with Gasteiger partial charge in [0.15, 0.2) is 23.1 Å². The topological polar surface area (TPSA) is 68.3 Å². The van der Waals surface area contributed by atoms with Crippen LogP contribution in [0.2, 0.25) is 0 Å². The number of hydrogen-bond acceptors (Lipinski definition) is 4. The number of carbonyl (C=O) groups excluding carboxylic acids is 4. The lowest BCUT2D eigenvalue weighted by Gasteiger charge is -2.06. The van der Waals surface area contributed by atoms with Gasteiger partial charge < -0.3 is 0 Å². The molecule has 34 heavy (non-hydrogen) atoms. The monoisotopic (exact) mass is 446 g/mol.